The lowest BCUT2D eigenvalue weighted by Gasteiger charge is -2.38. The molecular formula is C57H55F6N7O5. The van der Waals surface area contributed by atoms with Gasteiger partial charge in [-0.2, -0.15) is 15.3 Å². The summed E-state index contributed by atoms with van der Waals surface area (Å²) in [5.41, 5.74) is 0.361. The lowest BCUT2D eigenvalue weighted by atomic mass is 9.66. The van der Waals surface area contributed by atoms with Crippen LogP contribution in [0, 0.1) is 51.1 Å². The topological polar surface area (TPSA) is 161 Å². The first-order valence-corrected chi connectivity index (χ1v) is 24.9. The number of halogens is 6. The second kappa shape index (κ2) is 17.6. The number of benzene rings is 3. The number of amides is 1. The van der Waals surface area contributed by atoms with Crippen molar-refractivity contribution in [2.24, 2.45) is 16.2 Å². The molecule has 75 heavy (non-hydrogen) atoms. The van der Waals surface area contributed by atoms with Gasteiger partial charge < -0.3 is 5.11 Å². The van der Waals surface area contributed by atoms with Crippen molar-refractivity contribution in [2.45, 2.75) is 121 Å². The summed E-state index contributed by atoms with van der Waals surface area (Å²) in [5, 5.41) is 35.9. The summed E-state index contributed by atoms with van der Waals surface area (Å²) in [5.74, 6) is -4.89. The van der Waals surface area contributed by atoms with Crippen molar-refractivity contribution in [3.63, 3.8) is 0 Å². The highest BCUT2D eigenvalue weighted by molar-refractivity contribution is 5.92. The zero-order chi connectivity index (χ0) is 54.1. The van der Waals surface area contributed by atoms with Gasteiger partial charge in [-0.1, -0.05) is 59.7 Å². The highest BCUT2D eigenvalue weighted by atomic mass is 19.2. The van der Waals surface area contributed by atoms with E-state index in [1.54, 1.807) is 32.2 Å². The maximum atomic E-state index is 14.2. The van der Waals surface area contributed by atoms with Gasteiger partial charge >= 0.3 is 5.97 Å². The molecule has 3 aromatic heterocycles. The van der Waals surface area contributed by atoms with Crippen LogP contribution in [0.2, 0.25) is 0 Å². The predicted molar refractivity (Wildman–Crippen MR) is 263 cm³/mol. The lowest BCUT2D eigenvalue weighted by molar-refractivity contribution is -0.179. The molecule has 1 amide bonds. The summed E-state index contributed by atoms with van der Waals surface area (Å²) in [6.07, 6.45) is 4.31. The molecule has 6 aliphatic rings. The van der Waals surface area contributed by atoms with E-state index in [1.807, 2.05) is 27.7 Å². The van der Waals surface area contributed by atoms with Gasteiger partial charge in [-0.05, 0) is 151 Å². The SMILES string of the molecule is CC(=O)[C@@]12CC[C@@H](c3cc(-c4c(F)cccc4F)nnc31)C2(C)C.CC1(C)[C@H]2CC[C@]1(C(=O)O)c1nnc(-c3c(F)cccc3F)cc12.CON(C)C(=O)[C@@]12CC[C@@H](c3cc(-c4c(F)cccc4F)nnc31)C2(C)C. The number of carboxylic acids is 1. The number of carbonyl (C=O) groups is 3. The van der Waals surface area contributed by atoms with Gasteiger partial charge in [0.05, 0.1) is 63.4 Å². The number of Topliss-reactive ketones (excluding diaryl/α,β-unsaturated/α-hetero) is 1. The van der Waals surface area contributed by atoms with E-state index in [-0.39, 0.29) is 68.6 Å². The molecule has 12 rings (SSSR count). The minimum absolute atomic E-state index is 0.00677. The third kappa shape index (κ3) is 6.88. The monoisotopic (exact) mass is 1030 g/mol. The predicted octanol–water partition coefficient (Wildman–Crippen LogP) is 11.4. The minimum Gasteiger partial charge on any atom is -0.481 e. The second-order valence-corrected chi connectivity index (χ2v) is 22.4. The third-order valence-corrected chi connectivity index (χ3v) is 18.7. The number of carbonyl (C=O) groups excluding carboxylic acids is 2. The number of rotatable bonds is 7. The minimum atomic E-state index is -1.08. The Bertz CT molecular complexity index is 3200. The Labute approximate surface area is 429 Å². The zero-order valence-corrected chi connectivity index (χ0v) is 42.9. The van der Waals surface area contributed by atoms with Crippen LogP contribution in [0.3, 0.4) is 0 Å². The van der Waals surface area contributed by atoms with Crippen molar-refractivity contribution in [3.05, 3.63) is 141 Å². The fourth-order valence-corrected chi connectivity index (χ4v) is 14.6. The van der Waals surface area contributed by atoms with Crippen LogP contribution < -0.4 is 0 Å². The highest BCUT2D eigenvalue weighted by Crippen LogP contribution is 2.70. The first-order chi connectivity index (χ1) is 35.4. The molecule has 0 unspecified atom stereocenters. The highest BCUT2D eigenvalue weighted by Gasteiger charge is 2.70. The average molecular weight is 1030 g/mol. The van der Waals surface area contributed by atoms with Crippen LogP contribution in [0.1, 0.15) is 139 Å². The molecule has 3 fully saturated rings. The molecule has 3 saturated carbocycles. The Morgan fingerprint density at radius 1 is 0.520 bits per heavy atom. The zero-order valence-electron chi connectivity index (χ0n) is 42.9. The fraction of sp³-hybridized carbons (Fsp3) is 0.421. The van der Waals surface area contributed by atoms with Crippen LogP contribution >= 0.6 is 0 Å². The molecular weight excluding hydrogens is 977 g/mol. The van der Waals surface area contributed by atoms with Gasteiger partial charge in [0, 0.05) is 7.05 Å². The van der Waals surface area contributed by atoms with Gasteiger partial charge in [0.15, 0.2) is 0 Å². The number of fused-ring (bicyclic) bond motifs is 15. The van der Waals surface area contributed by atoms with Crippen molar-refractivity contribution >= 4 is 17.7 Å². The van der Waals surface area contributed by atoms with E-state index in [0.717, 1.165) is 42.4 Å². The number of likely N-dealkylation sites (N-methyl/N-ethyl adjacent to an activating group) is 1. The van der Waals surface area contributed by atoms with E-state index in [9.17, 15) is 45.8 Å². The summed E-state index contributed by atoms with van der Waals surface area (Å²) < 4.78 is 84.6. The fourth-order valence-electron chi connectivity index (χ4n) is 14.6. The van der Waals surface area contributed by atoms with Crippen molar-refractivity contribution in [2.75, 3.05) is 14.2 Å². The molecule has 0 radical (unpaired) electrons. The Morgan fingerprint density at radius 2 is 0.813 bits per heavy atom. The normalized spacial score (nSPS) is 25.8. The smallest absolute Gasteiger partial charge is 0.316 e. The van der Waals surface area contributed by atoms with Gasteiger partial charge in [-0.3, -0.25) is 19.2 Å². The van der Waals surface area contributed by atoms with Crippen LogP contribution in [0.25, 0.3) is 33.8 Å². The molecule has 3 aromatic carbocycles. The standard InChI is InChI=1S/C20H21F2N3O2.C19H18F2N2O.C18H16F2N2O2/c1-19(2)12-8-9-20(19,18(26)25(3)27-4)17-11(12)10-15(23-24-17)16-13(21)6-5-7-14(16)22;1-10(24)19-8-7-12(18(19,2)3)11-9-15(22-23-17(11)19)16-13(20)5-4-6-14(16)21;1-17(2)10-6-7-18(17,16(23)24)15-9(10)8-13(21-22-15)14-11(19)4-3-5-12(14)20/h5-7,10,12H,8-9H2,1-4H3;4-6,9,12H,7-8H2,1-3H3;3-5,8,10H,6-7H2,1-2H3,(H,23,24)/t12-,20+;12-,19-;10-,18+/m000/s1. The van der Waals surface area contributed by atoms with Crippen molar-refractivity contribution in [1.82, 2.24) is 35.7 Å². The number of ketones is 1. The molecule has 390 valence electrons. The van der Waals surface area contributed by atoms with Crippen LogP contribution in [-0.2, 0) is 35.5 Å². The molecule has 1 N–H and O–H groups in total. The summed E-state index contributed by atoms with van der Waals surface area (Å²) in [6.45, 7) is 13.7. The Balaban J connectivity index is 0.000000129. The maximum absolute atomic E-state index is 14.2. The lowest BCUT2D eigenvalue weighted by Crippen LogP contribution is -2.50. The molecule has 18 heteroatoms. The summed E-state index contributed by atoms with van der Waals surface area (Å²) in [7, 11) is 3.02. The molecule has 3 heterocycles. The van der Waals surface area contributed by atoms with Gasteiger partial charge in [0.1, 0.15) is 51.5 Å². The quantitative estimate of drug-likeness (QED) is 0.120. The number of aliphatic carboxylic acids is 1. The molecule has 0 spiro atoms. The van der Waals surface area contributed by atoms with Gasteiger partial charge in [-0.15, -0.1) is 15.3 Å². The van der Waals surface area contributed by atoms with Crippen molar-refractivity contribution in [3.8, 4) is 33.8 Å². The van der Waals surface area contributed by atoms with Gasteiger partial charge in [0.2, 0.25) is 0 Å². The Hall–Kier alpha value is -6.95. The van der Waals surface area contributed by atoms with E-state index < -0.39 is 67.9 Å². The molecule has 0 saturated heterocycles. The van der Waals surface area contributed by atoms with E-state index in [1.165, 1.54) is 66.8 Å². The molecule has 6 atom stereocenters. The second-order valence-electron chi connectivity index (χ2n) is 22.4. The summed E-state index contributed by atoms with van der Waals surface area (Å²) in [4.78, 5) is 42.9. The molecule has 6 aliphatic carbocycles. The molecule has 12 nitrogen and oxygen atoms in total. The summed E-state index contributed by atoms with van der Waals surface area (Å²) >= 11 is 0. The molecule has 0 aliphatic heterocycles. The van der Waals surface area contributed by atoms with Crippen LogP contribution in [0.15, 0.2) is 72.8 Å². The van der Waals surface area contributed by atoms with E-state index >= 15 is 0 Å². The number of hydroxylamine groups is 2. The molecule has 6 bridgehead atoms. The number of carboxylic acid groups (broad SMARTS) is 1. The van der Waals surface area contributed by atoms with Crippen molar-refractivity contribution < 1.29 is 50.7 Å². The van der Waals surface area contributed by atoms with Crippen LogP contribution in [0.4, 0.5) is 26.3 Å². The molecule has 6 aromatic rings. The number of hydrogen-bond donors (Lipinski definition) is 1. The first kappa shape index (κ1) is 51.5. The first-order valence-electron chi connectivity index (χ1n) is 24.9. The maximum Gasteiger partial charge on any atom is 0.316 e. The largest absolute Gasteiger partial charge is 0.481 e. The van der Waals surface area contributed by atoms with Gasteiger partial charge in [0.25, 0.3) is 5.91 Å². The summed E-state index contributed by atoms with van der Waals surface area (Å²) in [6, 6.07) is 16.1. The van der Waals surface area contributed by atoms with E-state index in [4.69, 9.17) is 4.84 Å². The van der Waals surface area contributed by atoms with Gasteiger partial charge in [-0.25, -0.2) is 31.4 Å². The van der Waals surface area contributed by atoms with Crippen LogP contribution in [-0.4, -0.2) is 72.6 Å². The van der Waals surface area contributed by atoms with Crippen molar-refractivity contribution in [1.29, 1.82) is 0 Å². The average Bonchev–Trinajstić information content (AvgIpc) is 4.12. The number of aromatic nitrogens is 6. The van der Waals surface area contributed by atoms with E-state index in [2.05, 4.69) is 44.4 Å². The third-order valence-electron chi connectivity index (χ3n) is 18.7. The number of nitrogens with zero attached hydrogens (tertiary/aromatic N) is 7. The Kier molecular flexibility index (Phi) is 12.1. The van der Waals surface area contributed by atoms with E-state index in [0.29, 0.717) is 29.9 Å². The van der Waals surface area contributed by atoms with Crippen LogP contribution in [0.5, 0.6) is 0 Å². The Morgan fingerprint density at radius 3 is 1.15 bits per heavy atom. The number of hydrogen-bond acceptors (Lipinski definition) is 10.